The first-order valence-electron chi connectivity index (χ1n) is 3.48. The van der Waals surface area contributed by atoms with Crippen LogP contribution in [0.5, 0.6) is 5.75 Å². The summed E-state index contributed by atoms with van der Waals surface area (Å²) in [4.78, 5) is 18.1. The number of benzene rings is 1. The first kappa shape index (κ1) is 11.8. The Kier molecular flexibility index (Phi) is 5.34. The lowest BCUT2D eigenvalue weighted by Gasteiger charge is -1.96. The molecule has 0 saturated carbocycles. The minimum Gasteiger partial charge on any atom is -0.497 e. The van der Waals surface area contributed by atoms with Gasteiger partial charge in [-0.3, -0.25) is 10.1 Å². The third kappa shape index (κ3) is 3.99. The molecule has 0 heterocycles. The fraction of sp³-hybridized carbons (Fsp3) is 0.125. The summed E-state index contributed by atoms with van der Waals surface area (Å²) in [5.74, 6) is 0.499. The molecule has 74 valence electrons. The van der Waals surface area contributed by atoms with E-state index in [1.165, 1.54) is 19.2 Å². The van der Waals surface area contributed by atoms with Gasteiger partial charge in [-0.05, 0) is 6.07 Å². The molecular weight excluding hydrogens is 188 g/mol. The van der Waals surface area contributed by atoms with Crippen molar-refractivity contribution in [3.63, 3.8) is 0 Å². The standard InChI is InChI=1S/C7H7NO3.CHNO/c1-11-7-4-2-3-6(5-7)8(9)10;2-1-3/h2-5H,1H3;2H. The van der Waals surface area contributed by atoms with Crippen LogP contribution in [0, 0.1) is 15.5 Å². The minimum atomic E-state index is -0.456. The van der Waals surface area contributed by atoms with Crippen LogP contribution in [0.15, 0.2) is 24.3 Å². The van der Waals surface area contributed by atoms with E-state index in [2.05, 4.69) is 0 Å². The molecule has 1 aromatic carbocycles. The molecule has 1 rings (SSSR count). The van der Waals surface area contributed by atoms with Gasteiger partial charge in [0.25, 0.3) is 5.69 Å². The molecule has 1 aromatic rings. The van der Waals surface area contributed by atoms with Gasteiger partial charge in [0.2, 0.25) is 6.08 Å². The van der Waals surface area contributed by atoms with Crippen molar-refractivity contribution >= 4 is 11.8 Å². The second kappa shape index (κ2) is 6.33. The summed E-state index contributed by atoms with van der Waals surface area (Å²) in [6, 6.07) is 6.03. The van der Waals surface area contributed by atoms with Gasteiger partial charge in [0, 0.05) is 6.07 Å². The molecule has 0 spiro atoms. The maximum atomic E-state index is 10.2. The van der Waals surface area contributed by atoms with Gasteiger partial charge < -0.3 is 4.74 Å². The van der Waals surface area contributed by atoms with Gasteiger partial charge in [0.1, 0.15) is 5.75 Å². The second-order valence-corrected chi connectivity index (χ2v) is 2.06. The quantitative estimate of drug-likeness (QED) is 0.335. The van der Waals surface area contributed by atoms with Crippen molar-refractivity contribution in [1.82, 2.24) is 0 Å². The van der Waals surface area contributed by atoms with Gasteiger partial charge >= 0.3 is 0 Å². The van der Waals surface area contributed by atoms with Gasteiger partial charge in [-0.1, -0.05) is 6.07 Å². The zero-order valence-corrected chi connectivity index (χ0v) is 7.39. The number of hydrogen-bond acceptors (Lipinski definition) is 5. The number of nitro groups is 1. The minimum absolute atomic E-state index is 0.0457. The van der Waals surface area contributed by atoms with Crippen LogP contribution in [0.4, 0.5) is 5.69 Å². The SMILES string of the molecule is COc1cccc([N+](=O)[O-])c1.N=C=O. The molecule has 0 bridgehead atoms. The Hall–Kier alpha value is -2.20. The highest BCUT2D eigenvalue weighted by atomic mass is 16.6. The molecule has 0 fully saturated rings. The fourth-order valence-electron chi connectivity index (χ4n) is 0.724. The maximum Gasteiger partial charge on any atom is 0.273 e. The van der Waals surface area contributed by atoms with Crippen LogP contribution >= 0.6 is 0 Å². The number of nitrogens with one attached hydrogen (secondary N) is 1. The first-order valence-corrected chi connectivity index (χ1v) is 3.48. The normalized spacial score (nSPS) is 7.79. The van der Waals surface area contributed by atoms with Crippen LogP contribution in [0.3, 0.4) is 0 Å². The number of carbonyl (C=O) groups excluding carboxylic acids is 1. The van der Waals surface area contributed by atoms with Crippen LogP contribution in [0.25, 0.3) is 0 Å². The molecule has 0 aliphatic heterocycles. The largest absolute Gasteiger partial charge is 0.497 e. The molecule has 0 radical (unpaired) electrons. The molecule has 14 heavy (non-hydrogen) atoms. The van der Waals surface area contributed by atoms with E-state index < -0.39 is 4.92 Å². The lowest BCUT2D eigenvalue weighted by atomic mass is 10.3. The van der Waals surface area contributed by atoms with E-state index in [1.54, 1.807) is 12.1 Å². The number of nitro benzene ring substituents is 1. The highest BCUT2D eigenvalue weighted by molar-refractivity contribution is 5.37. The van der Waals surface area contributed by atoms with Crippen molar-refractivity contribution in [3.05, 3.63) is 34.4 Å². The number of nitrogens with zero attached hydrogens (tertiary/aromatic N) is 1. The Balaban J connectivity index is 0.000000500. The summed E-state index contributed by atoms with van der Waals surface area (Å²) < 4.78 is 4.80. The van der Waals surface area contributed by atoms with Crippen molar-refractivity contribution in [2.24, 2.45) is 0 Å². The molecule has 0 aliphatic carbocycles. The molecule has 0 amide bonds. The summed E-state index contributed by atoms with van der Waals surface area (Å²) >= 11 is 0. The molecule has 0 unspecified atom stereocenters. The average Bonchev–Trinajstić information content (AvgIpc) is 2.19. The average molecular weight is 196 g/mol. The highest BCUT2D eigenvalue weighted by Crippen LogP contribution is 2.17. The first-order chi connectivity index (χ1) is 6.65. The van der Waals surface area contributed by atoms with Crippen molar-refractivity contribution in [2.45, 2.75) is 0 Å². The van der Waals surface area contributed by atoms with E-state index in [9.17, 15) is 10.1 Å². The zero-order chi connectivity index (χ0) is 11.0. The van der Waals surface area contributed by atoms with Crippen LogP contribution < -0.4 is 4.74 Å². The van der Waals surface area contributed by atoms with Crippen LogP contribution in [0.2, 0.25) is 0 Å². The van der Waals surface area contributed by atoms with Crippen LogP contribution in [0.1, 0.15) is 0 Å². The van der Waals surface area contributed by atoms with E-state index in [1.807, 2.05) is 0 Å². The molecule has 6 heteroatoms. The van der Waals surface area contributed by atoms with E-state index in [4.69, 9.17) is 14.9 Å². The lowest BCUT2D eigenvalue weighted by Crippen LogP contribution is -1.88. The van der Waals surface area contributed by atoms with Gasteiger partial charge in [-0.25, -0.2) is 10.2 Å². The van der Waals surface area contributed by atoms with E-state index in [0.717, 1.165) is 6.08 Å². The van der Waals surface area contributed by atoms with Gasteiger partial charge in [0.15, 0.2) is 0 Å². The number of rotatable bonds is 2. The Morgan fingerprint density at radius 1 is 1.57 bits per heavy atom. The Labute approximate surface area is 79.8 Å². The second-order valence-electron chi connectivity index (χ2n) is 2.06. The smallest absolute Gasteiger partial charge is 0.273 e. The number of methoxy groups -OCH3 is 1. The number of ether oxygens (including phenoxy) is 1. The van der Waals surface area contributed by atoms with Crippen LogP contribution in [-0.2, 0) is 4.79 Å². The molecule has 0 atom stereocenters. The summed E-state index contributed by atoms with van der Waals surface area (Å²) in [5.41, 5.74) is 0.0457. The molecule has 6 nitrogen and oxygen atoms in total. The Bertz CT molecular complexity index is 345. The monoisotopic (exact) mass is 196 g/mol. The predicted octanol–water partition coefficient (Wildman–Crippen LogP) is 1.50. The van der Waals surface area contributed by atoms with Gasteiger partial charge in [-0.2, -0.15) is 0 Å². The number of non-ortho nitro benzene ring substituents is 1. The zero-order valence-electron chi connectivity index (χ0n) is 7.39. The Morgan fingerprint density at radius 3 is 2.57 bits per heavy atom. The summed E-state index contributed by atoms with van der Waals surface area (Å²) in [6.45, 7) is 0. The molecular formula is C8H8N2O4. The van der Waals surface area contributed by atoms with Crippen molar-refractivity contribution < 1.29 is 14.5 Å². The number of hydrogen-bond donors (Lipinski definition) is 1. The summed E-state index contributed by atoms with van der Waals surface area (Å²) in [5, 5.41) is 15.6. The van der Waals surface area contributed by atoms with Crippen molar-refractivity contribution in [1.29, 1.82) is 5.41 Å². The highest BCUT2D eigenvalue weighted by Gasteiger charge is 2.04. The molecule has 1 N–H and O–H groups in total. The van der Waals surface area contributed by atoms with E-state index in [-0.39, 0.29) is 5.69 Å². The molecule has 0 saturated heterocycles. The lowest BCUT2D eigenvalue weighted by molar-refractivity contribution is -0.384. The van der Waals surface area contributed by atoms with Gasteiger partial charge in [-0.15, -0.1) is 0 Å². The summed E-state index contributed by atoms with van der Waals surface area (Å²) in [6.07, 6.45) is 0.750. The molecule has 0 aromatic heterocycles. The van der Waals surface area contributed by atoms with E-state index >= 15 is 0 Å². The Morgan fingerprint density at radius 2 is 2.14 bits per heavy atom. The predicted molar refractivity (Wildman–Crippen MR) is 48.1 cm³/mol. The van der Waals surface area contributed by atoms with E-state index in [0.29, 0.717) is 5.75 Å². The maximum absolute atomic E-state index is 10.2. The topological polar surface area (TPSA) is 93.3 Å². The molecule has 0 aliphatic rings. The summed E-state index contributed by atoms with van der Waals surface area (Å²) in [7, 11) is 1.47. The van der Waals surface area contributed by atoms with Crippen molar-refractivity contribution in [3.8, 4) is 5.75 Å². The third-order valence-electron chi connectivity index (χ3n) is 1.26. The third-order valence-corrected chi connectivity index (χ3v) is 1.26. The van der Waals surface area contributed by atoms with Crippen LogP contribution in [-0.4, -0.2) is 18.1 Å². The fourth-order valence-corrected chi connectivity index (χ4v) is 0.724. The van der Waals surface area contributed by atoms with Crippen molar-refractivity contribution in [2.75, 3.05) is 7.11 Å². The number of isocyanates is 1. The van der Waals surface area contributed by atoms with Gasteiger partial charge in [0.05, 0.1) is 18.1 Å².